The minimum atomic E-state index is -0.0496. The largest absolute Gasteiger partial charge is 0.292 e. The zero-order valence-electron chi connectivity index (χ0n) is 9.93. The maximum absolute atomic E-state index is 12.0. The van der Waals surface area contributed by atoms with Crippen LogP contribution in [0.1, 0.15) is 15.4 Å². The predicted octanol–water partition coefficient (Wildman–Crippen LogP) is 2.15. The van der Waals surface area contributed by atoms with Crippen LogP contribution in [0.15, 0.2) is 48.2 Å². The normalized spacial score (nSPS) is 10.5. The molecule has 2 aromatic heterocycles. The Hall–Kier alpha value is -2.34. The van der Waals surface area contributed by atoms with E-state index in [1.807, 2.05) is 30.3 Å². The van der Waals surface area contributed by atoms with Gasteiger partial charge in [0.1, 0.15) is 5.69 Å². The topological polar surface area (TPSA) is 60.7 Å². The van der Waals surface area contributed by atoms with Crippen molar-refractivity contribution in [1.82, 2.24) is 20.0 Å². The lowest BCUT2D eigenvalue weighted by Gasteiger charge is -1.97. The van der Waals surface area contributed by atoms with Gasteiger partial charge in [-0.25, -0.2) is 0 Å². The van der Waals surface area contributed by atoms with Crippen LogP contribution >= 0.6 is 11.3 Å². The molecule has 6 heteroatoms. The standard InChI is InChI=1S/C13H10N4OS/c18-13(6-11-7-14-9-19-11)12-8-15-17(16-12)10-4-2-1-3-5-10/h1-5,7-9H,6H2. The molecular weight excluding hydrogens is 260 g/mol. The molecule has 3 aromatic rings. The van der Waals surface area contributed by atoms with Crippen molar-refractivity contribution in [2.24, 2.45) is 0 Å². The van der Waals surface area contributed by atoms with Crippen LogP contribution in [-0.4, -0.2) is 25.8 Å². The molecule has 0 saturated carbocycles. The quantitative estimate of drug-likeness (QED) is 0.681. The number of hydrogen-bond acceptors (Lipinski definition) is 5. The summed E-state index contributed by atoms with van der Waals surface area (Å²) >= 11 is 1.46. The van der Waals surface area contributed by atoms with Gasteiger partial charge < -0.3 is 0 Å². The molecule has 1 aromatic carbocycles. The van der Waals surface area contributed by atoms with Gasteiger partial charge in [-0.3, -0.25) is 9.78 Å². The van der Waals surface area contributed by atoms with Crippen molar-refractivity contribution >= 4 is 17.1 Å². The number of carbonyl (C=O) groups excluding carboxylic acids is 1. The fourth-order valence-corrected chi connectivity index (χ4v) is 2.25. The molecule has 0 aliphatic heterocycles. The van der Waals surface area contributed by atoms with Crippen molar-refractivity contribution in [1.29, 1.82) is 0 Å². The molecule has 2 heterocycles. The van der Waals surface area contributed by atoms with Gasteiger partial charge in [-0.15, -0.1) is 16.4 Å². The molecule has 0 atom stereocenters. The minimum Gasteiger partial charge on any atom is -0.292 e. The fourth-order valence-electron chi connectivity index (χ4n) is 1.65. The van der Waals surface area contributed by atoms with Crippen LogP contribution in [0.3, 0.4) is 0 Å². The highest BCUT2D eigenvalue weighted by Gasteiger charge is 2.12. The summed E-state index contributed by atoms with van der Waals surface area (Å²) < 4.78 is 0. The van der Waals surface area contributed by atoms with Crippen LogP contribution in [0.25, 0.3) is 5.69 Å². The molecule has 0 N–H and O–H groups in total. The van der Waals surface area contributed by atoms with E-state index in [1.54, 1.807) is 11.7 Å². The van der Waals surface area contributed by atoms with Gasteiger partial charge in [0, 0.05) is 17.5 Å². The first-order chi connectivity index (χ1) is 9.33. The van der Waals surface area contributed by atoms with Crippen molar-refractivity contribution < 1.29 is 4.79 Å². The van der Waals surface area contributed by atoms with Crippen molar-refractivity contribution in [3.8, 4) is 5.69 Å². The Kier molecular flexibility index (Phi) is 3.16. The van der Waals surface area contributed by atoms with Crippen LogP contribution < -0.4 is 0 Å². The second-order valence-corrected chi connectivity index (χ2v) is 4.89. The maximum atomic E-state index is 12.0. The van der Waals surface area contributed by atoms with E-state index in [0.29, 0.717) is 12.1 Å². The Morgan fingerprint density at radius 2 is 2.05 bits per heavy atom. The van der Waals surface area contributed by atoms with Crippen molar-refractivity contribution in [3.63, 3.8) is 0 Å². The highest BCUT2D eigenvalue weighted by molar-refractivity contribution is 7.09. The van der Waals surface area contributed by atoms with Crippen LogP contribution in [0.4, 0.5) is 0 Å². The second kappa shape index (κ2) is 5.11. The highest BCUT2D eigenvalue weighted by Crippen LogP contribution is 2.10. The number of rotatable bonds is 4. The SMILES string of the molecule is O=C(Cc1cncs1)c1cnn(-c2ccccc2)n1. The maximum Gasteiger partial charge on any atom is 0.189 e. The first kappa shape index (κ1) is 11.7. The van der Waals surface area contributed by atoms with E-state index in [0.717, 1.165) is 10.6 Å². The van der Waals surface area contributed by atoms with Crippen LogP contribution in [-0.2, 0) is 6.42 Å². The Morgan fingerprint density at radius 1 is 1.21 bits per heavy atom. The van der Waals surface area contributed by atoms with Crippen molar-refractivity contribution in [3.05, 3.63) is 58.8 Å². The number of para-hydroxylation sites is 1. The average Bonchev–Trinajstić information content (AvgIpc) is 3.10. The first-order valence-corrected chi connectivity index (χ1v) is 6.59. The number of hydrogen-bond donors (Lipinski definition) is 0. The van der Waals surface area contributed by atoms with Gasteiger partial charge in [-0.05, 0) is 12.1 Å². The number of ketones is 1. The Balaban J connectivity index is 1.80. The van der Waals surface area contributed by atoms with Crippen molar-refractivity contribution in [2.75, 3.05) is 0 Å². The molecule has 0 radical (unpaired) electrons. The van der Waals surface area contributed by atoms with Gasteiger partial charge in [0.05, 0.1) is 17.4 Å². The molecule has 5 nitrogen and oxygen atoms in total. The summed E-state index contributed by atoms with van der Waals surface area (Å²) in [4.78, 5) is 18.4. The number of Topliss-reactive ketones (excluding diaryl/α,β-unsaturated/α-hetero) is 1. The Morgan fingerprint density at radius 3 is 2.79 bits per heavy atom. The zero-order valence-corrected chi connectivity index (χ0v) is 10.7. The van der Waals surface area contributed by atoms with Gasteiger partial charge in [-0.1, -0.05) is 18.2 Å². The Labute approximate surface area is 113 Å². The molecule has 0 aliphatic rings. The van der Waals surface area contributed by atoms with E-state index < -0.39 is 0 Å². The summed E-state index contributed by atoms with van der Waals surface area (Å²) in [6.07, 6.45) is 3.51. The minimum absolute atomic E-state index is 0.0496. The fraction of sp³-hybridized carbons (Fsp3) is 0.0769. The lowest BCUT2D eigenvalue weighted by atomic mass is 10.2. The molecule has 0 bridgehead atoms. The number of aromatic nitrogens is 4. The first-order valence-electron chi connectivity index (χ1n) is 5.71. The number of carbonyl (C=O) groups is 1. The monoisotopic (exact) mass is 270 g/mol. The highest BCUT2D eigenvalue weighted by atomic mass is 32.1. The van der Waals surface area contributed by atoms with Crippen LogP contribution in [0.2, 0.25) is 0 Å². The summed E-state index contributed by atoms with van der Waals surface area (Å²) in [5.74, 6) is -0.0496. The molecule has 0 unspecified atom stereocenters. The number of benzene rings is 1. The molecule has 0 amide bonds. The van der Waals surface area contributed by atoms with E-state index in [4.69, 9.17) is 0 Å². The lowest BCUT2D eigenvalue weighted by molar-refractivity contribution is 0.0988. The van der Waals surface area contributed by atoms with Gasteiger partial charge in [0.25, 0.3) is 0 Å². The van der Waals surface area contributed by atoms with Gasteiger partial charge in [0.2, 0.25) is 0 Å². The summed E-state index contributed by atoms with van der Waals surface area (Å²) in [6, 6.07) is 9.49. The lowest BCUT2D eigenvalue weighted by Crippen LogP contribution is -2.05. The summed E-state index contributed by atoms with van der Waals surface area (Å²) in [7, 11) is 0. The predicted molar refractivity (Wildman–Crippen MR) is 71.5 cm³/mol. The van der Waals surface area contributed by atoms with E-state index in [9.17, 15) is 4.79 Å². The summed E-state index contributed by atoms with van der Waals surface area (Å²) in [5.41, 5.74) is 2.92. The number of thiazole rings is 1. The van der Waals surface area contributed by atoms with E-state index in [1.165, 1.54) is 22.3 Å². The van der Waals surface area contributed by atoms with E-state index in [2.05, 4.69) is 15.2 Å². The molecule has 0 spiro atoms. The van der Waals surface area contributed by atoms with Gasteiger partial charge in [0.15, 0.2) is 5.78 Å². The average molecular weight is 270 g/mol. The van der Waals surface area contributed by atoms with Crippen LogP contribution in [0, 0.1) is 0 Å². The Bertz CT molecular complexity index is 676. The third-order valence-electron chi connectivity index (χ3n) is 2.58. The molecule has 0 saturated heterocycles. The van der Waals surface area contributed by atoms with Gasteiger partial charge in [-0.2, -0.15) is 9.90 Å². The molecule has 0 fully saturated rings. The van der Waals surface area contributed by atoms with E-state index >= 15 is 0 Å². The summed E-state index contributed by atoms with van der Waals surface area (Å²) in [5, 5.41) is 8.31. The molecule has 19 heavy (non-hydrogen) atoms. The third kappa shape index (κ3) is 2.58. The summed E-state index contributed by atoms with van der Waals surface area (Å²) in [6.45, 7) is 0. The van der Waals surface area contributed by atoms with Crippen LogP contribution in [0.5, 0.6) is 0 Å². The number of nitrogens with zero attached hydrogens (tertiary/aromatic N) is 4. The molecular formula is C13H10N4OS. The van der Waals surface area contributed by atoms with E-state index in [-0.39, 0.29) is 5.78 Å². The third-order valence-corrected chi connectivity index (χ3v) is 3.36. The van der Waals surface area contributed by atoms with Crippen molar-refractivity contribution in [2.45, 2.75) is 6.42 Å². The zero-order chi connectivity index (χ0) is 13.1. The molecule has 0 aliphatic carbocycles. The smallest absolute Gasteiger partial charge is 0.189 e. The second-order valence-electron chi connectivity index (χ2n) is 3.92. The molecule has 94 valence electrons. The van der Waals surface area contributed by atoms with Gasteiger partial charge >= 0.3 is 0 Å². The molecule has 3 rings (SSSR count).